The monoisotopic (exact) mass is 403 g/mol. The Labute approximate surface area is 154 Å². The quantitative estimate of drug-likeness (QED) is 0.583. The van der Waals surface area contributed by atoms with Gasteiger partial charge >= 0.3 is 5.97 Å². The topological polar surface area (TPSA) is 64.6 Å². The molecule has 0 unspecified atom stereocenters. The van der Waals surface area contributed by atoms with Gasteiger partial charge in [-0.15, -0.1) is 0 Å². The summed E-state index contributed by atoms with van der Waals surface area (Å²) in [5.41, 5.74) is 1.41. The molecule has 0 saturated heterocycles. The van der Waals surface area contributed by atoms with Gasteiger partial charge in [0.15, 0.2) is 6.10 Å². The van der Waals surface area contributed by atoms with Gasteiger partial charge in [-0.25, -0.2) is 4.79 Å². The molecule has 0 radical (unpaired) electrons. The van der Waals surface area contributed by atoms with Crippen molar-refractivity contribution in [3.63, 3.8) is 0 Å². The maximum Gasteiger partial charge on any atom is 0.331 e. The number of methoxy groups -OCH3 is 1. The molecule has 1 atom stereocenters. The van der Waals surface area contributed by atoms with Gasteiger partial charge < -0.3 is 14.8 Å². The van der Waals surface area contributed by atoms with Gasteiger partial charge in [-0.2, -0.15) is 0 Å². The smallest absolute Gasteiger partial charge is 0.331 e. The number of amides is 1. The summed E-state index contributed by atoms with van der Waals surface area (Å²) in [7, 11) is 1.54. The SMILES string of the molecule is COc1cccc(NC(=O)[C@H](C)OC(=O)/C=C/c2ccccc2Br)c1. The van der Waals surface area contributed by atoms with Crippen molar-refractivity contribution in [3.05, 3.63) is 64.6 Å². The number of halogens is 1. The number of esters is 1. The zero-order valence-corrected chi connectivity index (χ0v) is 15.4. The Kier molecular flexibility index (Phi) is 6.77. The normalized spacial score (nSPS) is 11.8. The zero-order chi connectivity index (χ0) is 18.2. The van der Waals surface area contributed by atoms with E-state index in [0.717, 1.165) is 10.0 Å². The van der Waals surface area contributed by atoms with Crippen molar-refractivity contribution in [1.29, 1.82) is 0 Å². The van der Waals surface area contributed by atoms with Gasteiger partial charge in [0.2, 0.25) is 0 Å². The van der Waals surface area contributed by atoms with E-state index in [1.54, 1.807) is 37.5 Å². The van der Waals surface area contributed by atoms with Gasteiger partial charge in [0.1, 0.15) is 5.75 Å². The van der Waals surface area contributed by atoms with Crippen molar-refractivity contribution in [3.8, 4) is 5.75 Å². The number of hydrogen-bond acceptors (Lipinski definition) is 4. The fraction of sp³-hybridized carbons (Fsp3) is 0.158. The van der Waals surface area contributed by atoms with E-state index in [1.165, 1.54) is 13.0 Å². The van der Waals surface area contributed by atoms with Crippen molar-refractivity contribution >= 4 is 39.6 Å². The number of carbonyl (C=O) groups is 2. The summed E-state index contributed by atoms with van der Waals surface area (Å²) in [4.78, 5) is 24.0. The summed E-state index contributed by atoms with van der Waals surface area (Å²) in [5.74, 6) is -0.390. The second-order valence-corrected chi connectivity index (χ2v) is 6.01. The lowest BCUT2D eigenvalue weighted by atomic mass is 10.2. The van der Waals surface area contributed by atoms with E-state index in [9.17, 15) is 9.59 Å². The number of nitrogens with one attached hydrogen (secondary N) is 1. The predicted octanol–water partition coefficient (Wildman–Crippen LogP) is 4.04. The first-order chi connectivity index (χ1) is 12.0. The largest absolute Gasteiger partial charge is 0.497 e. The molecule has 2 aromatic rings. The van der Waals surface area contributed by atoms with E-state index in [1.807, 2.05) is 24.3 Å². The van der Waals surface area contributed by atoms with Crippen LogP contribution in [0.5, 0.6) is 5.75 Å². The van der Waals surface area contributed by atoms with E-state index in [0.29, 0.717) is 11.4 Å². The van der Waals surface area contributed by atoms with Crippen LogP contribution in [0.2, 0.25) is 0 Å². The molecule has 0 aromatic heterocycles. The first-order valence-electron chi connectivity index (χ1n) is 7.57. The van der Waals surface area contributed by atoms with Crippen LogP contribution in [0.15, 0.2) is 59.1 Å². The molecular formula is C19H18BrNO4. The third-order valence-electron chi connectivity index (χ3n) is 3.30. The Balaban J connectivity index is 1.91. The molecule has 0 saturated carbocycles. The molecule has 0 aliphatic rings. The van der Waals surface area contributed by atoms with Crippen LogP contribution in [0, 0.1) is 0 Å². The van der Waals surface area contributed by atoms with Crippen molar-refractivity contribution < 1.29 is 19.1 Å². The molecular weight excluding hydrogens is 386 g/mol. The third-order valence-corrected chi connectivity index (χ3v) is 4.03. The van der Waals surface area contributed by atoms with Gasteiger partial charge in [-0.1, -0.05) is 40.2 Å². The molecule has 0 aliphatic heterocycles. The maximum absolute atomic E-state index is 12.1. The van der Waals surface area contributed by atoms with Crippen LogP contribution in [0.4, 0.5) is 5.69 Å². The fourth-order valence-electron chi connectivity index (χ4n) is 1.98. The van der Waals surface area contributed by atoms with Crippen LogP contribution in [-0.4, -0.2) is 25.1 Å². The maximum atomic E-state index is 12.1. The average molecular weight is 404 g/mol. The molecule has 1 amide bonds. The number of rotatable bonds is 6. The molecule has 0 aliphatic carbocycles. The molecule has 0 fully saturated rings. The lowest BCUT2D eigenvalue weighted by Gasteiger charge is -2.13. The summed E-state index contributed by atoms with van der Waals surface area (Å²) in [5, 5.41) is 2.68. The highest BCUT2D eigenvalue weighted by Gasteiger charge is 2.16. The Hall–Kier alpha value is -2.60. The number of carbonyl (C=O) groups excluding carboxylic acids is 2. The van der Waals surface area contributed by atoms with Crippen LogP contribution in [0.25, 0.3) is 6.08 Å². The minimum Gasteiger partial charge on any atom is -0.497 e. The molecule has 130 valence electrons. The van der Waals surface area contributed by atoms with E-state index in [2.05, 4.69) is 21.2 Å². The Morgan fingerprint density at radius 2 is 1.92 bits per heavy atom. The highest BCUT2D eigenvalue weighted by molar-refractivity contribution is 9.10. The molecule has 25 heavy (non-hydrogen) atoms. The number of anilines is 1. The summed E-state index contributed by atoms with van der Waals surface area (Å²) in [6.07, 6.45) is 1.98. The molecule has 2 aromatic carbocycles. The lowest BCUT2D eigenvalue weighted by molar-refractivity contribution is -0.148. The molecule has 6 heteroatoms. The highest BCUT2D eigenvalue weighted by atomic mass is 79.9. The van der Waals surface area contributed by atoms with Crippen molar-refractivity contribution in [2.24, 2.45) is 0 Å². The van der Waals surface area contributed by atoms with Crippen molar-refractivity contribution in [2.45, 2.75) is 13.0 Å². The Bertz CT molecular complexity index is 788. The first-order valence-corrected chi connectivity index (χ1v) is 8.37. The minimum absolute atomic E-state index is 0.420. The molecule has 0 bridgehead atoms. The summed E-state index contributed by atoms with van der Waals surface area (Å²) < 4.78 is 11.1. The molecule has 2 rings (SSSR count). The van der Waals surface area contributed by atoms with Gasteiger partial charge in [0, 0.05) is 22.3 Å². The van der Waals surface area contributed by atoms with E-state index >= 15 is 0 Å². The van der Waals surface area contributed by atoms with Crippen LogP contribution in [-0.2, 0) is 14.3 Å². The minimum atomic E-state index is -0.928. The number of benzene rings is 2. The second-order valence-electron chi connectivity index (χ2n) is 5.16. The Morgan fingerprint density at radius 3 is 2.64 bits per heavy atom. The van der Waals surface area contributed by atoms with E-state index < -0.39 is 18.0 Å². The summed E-state index contributed by atoms with van der Waals surface area (Å²) in [6, 6.07) is 14.4. The van der Waals surface area contributed by atoms with E-state index in [-0.39, 0.29) is 0 Å². The van der Waals surface area contributed by atoms with E-state index in [4.69, 9.17) is 9.47 Å². The fourth-order valence-corrected chi connectivity index (χ4v) is 2.40. The average Bonchev–Trinajstić information content (AvgIpc) is 2.61. The van der Waals surface area contributed by atoms with Gasteiger partial charge in [0.25, 0.3) is 5.91 Å². The van der Waals surface area contributed by atoms with Crippen molar-refractivity contribution in [2.75, 3.05) is 12.4 Å². The number of hydrogen-bond donors (Lipinski definition) is 1. The highest BCUT2D eigenvalue weighted by Crippen LogP contribution is 2.18. The molecule has 1 N–H and O–H groups in total. The Morgan fingerprint density at radius 1 is 1.16 bits per heavy atom. The van der Waals surface area contributed by atoms with Crippen molar-refractivity contribution in [1.82, 2.24) is 0 Å². The van der Waals surface area contributed by atoms with Crippen LogP contribution >= 0.6 is 15.9 Å². The molecule has 0 heterocycles. The lowest BCUT2D eigenvalue weighted by Crippen LogP contribution is -2.29. The second kappa shape index (κ2) is 9.03. The first kappa shape index (κ1) is 18.7. The van der Waals surface area contributed by atoms with Crippen LogP contribution < -0.4 is 10.1 Å². The van der Waals surface area contributed by atoms with Crippen LogP contribution in [0.1, 0.15) is 12.5 Å². The zero-order valence-electron chi connectivity index (χ0n) is 13.9. The van der Waals surface area contributed by atoms with Crippen LogP contribution in [0.3, 0.4) is 0 Å². The molecule has 0 spiro atoms. The predicted molar refractivity (Wildman–Crippen MR) is 100 cm³/mol. The number of ether oxygens (including phenoxy) is 2. The third kappa shape index (κ3) is 5.76. The molecule has 5 nitrogen and oxygen atoms in total. The standard InChI is InChI=1S/C19H18BrNO4/c1-13(19(23)21-15-7-5-8-16(12-15)24-2)25-18(22)11-10-14-6-3-4-9-17(14)20/h3-13H,1-2H3,(H,21,23)/b11-10+/t13-/m0/s1. The van der Waals surface area contributed by atoms with Gasteiger partial charge in [-0.05, 0) is 36.8 Å². The van der Waals surface area contributed by atoms with Gasteiger partial charge in [0.05, 0.1) is 7.11 Å². The van der Waals surface area contributed by atoms with Gasteiger partial charge in [-0.3, -0.25) is 4.79 Å². The summed E-state index contributed by atoms with van der Waals surface area (Å²) >= 11 is 3.39. The summed E-state index contributed by atoms with van der Waals surface area (Å²) in [6.45, 7) is 1.51.